The zero-order valence-electron chi connectivity index (χ0n) is 10.6. The first-order valence-corrected chi connectivity index (χ1v) is 8.31. The fraction of sp³-hybridized carbons (Fsp3) is 0.571. The second kappa shape index (κ2) is 7.04. The molecule has 1 aliphatic heterocycles. The molecule has 2 rings (SSSR count). The molecule has 0 bridgehead atoms. The Hall–Kier alpha value is 0.110. The molecule has 1 aromatic rings. The van der Waals surface area contributed by atoms with Gasteiger partial charge in [-0.2, -0.15) is 11.8 Å². The van der Waals surface area contributed by atoms with Gasteiger partial charge in [-0.1, -0.05) is 23.2 Å². The molecular formula is C14H19Cl2NS. The van der Waals surface area contributed by atoms with Crippen molar-refractivity contribution >= 4 is 35.0 Å². The molecule has 4 heteroatoms. The van der Waals surface area contributed by atoms with E-state index in [1.807, 2.05) is 25.2 Å². The Labute approximate surface area is 124 Å². The predicted molar refractivity (Wildman–Crippen MR) is 82.9 cm³/mol. The third-order valence-electron chi connectivity index (χ3n) is 3.59. The summed E-state index contributed by atoms with van der Waals surface area (Å²) in [6.45, 7) is 0. The second-order valence-electron chi connectivity index (χ2n) is 4.80. The van der Waals surface area contributed by atoms with E-state index in [1.165, 1.54) is 24.3 Å². The van der Waals surface area contributed by atoms with E-state index in [0.29, 0.717) is 6.04 Å². The van der Waals surface area contributed by atoms with Crippen molar-refractivity contribution in [1.29, 1.82) is 0 Å². The number of thioether (sulfide) groups is 1. The number of hydrogen-bond acceptors (Lipinski definition) is 2. The number of rotatable bonds is 4. The Morgan fingerprint density at radius 2 is 2.06 bits per heavy atom. The summed E-state index contributed by atoms with van der Waals surface area (Å²) >= 11 is 14.4. The minimum absolute atomic E-state index is 0.310. The van der Waals surface area contributed by atoms with Crippen LogP contribution in [0.2, 0.25) is 10.0 Å². The molecule has 0 aliphatic carbocycles. The van der Waals surface area contributed by atoms with E-state index in [9.17, 15) is 0 Å². The molecule has 0 amide bonds. The van der Waals surface area contributed by atoms with Crippen LogP contribution in [0.1, 0.15) is 30.9 Å². The lowest BCUT2D eigenvalue weighted by Crippen LogP contribution is -2.22. The van der Waals surface area contributed by atoms with Gasteiger partial charge in [0.1, 0.15) is 0 Å². The minimum Gasteiger partial charge on any atom is -0.313 e. The fourth-order valence-electron chi connectivity index (χ4n) is 2.50. The van der Waals surface area contributed by atoms with Gasteiger partial charge in [-0.15, -0.1) is 0 Å². The van der Waals surface area contributed by atoms with Gasteiger partial charge >= 0.3 is 0 Å². The van der Waals surface area contributed by atoms with Crippen LogP contribution in [0.5, 0.6) is 0 Å². The van der Waals surface area contributed by atoms with Gasteiger partial charge in [-0.05, 0) is 67.5 Å². The topological polar surface area (TPSA) is 12.0 Å². The highest BCUT2D eigenvalue weighted by molar-refractivity contribution is 7.99. The molecule has 18 heavy (non-hydrogen) atoms. The standard InChI is InChI=1S/C14H19Cl2NS/c1-17-14(8-10-4-6-18-7-5-10)12-9-11(15)2-3-13(12)16/h2-3,9-10,14,17H,4-8H2,1H3. The molecule has 1 aromatic carbocycles. The van der Waals surface area contributed by atoms with Crippen LogP contribution in [0.15, 0.2) is 18.2 Å². The second-order valence-corrected chi connectivity index (χ2v) is 6.87. The van der Waals surface area contributed by atoms with Crippen LogP contribution in [0.25, 0.3) is 0 Å². The van der Waals surface area contributed by atoms with Crippen molar-refractivity contribution in [2.45, 2.75) is 25.3 Å². The third kappa shape index (κ3) is 3.80. The Kier molecular flexibility index (Phi) is 5.68. The number of halogens is 2. The number of hydrogen-bond donors (Lipinski definition) is 1. The summed E-state index contributed by atoms with van der Waals surface area (Å²) in [6, 6.07) is 6.03. The zero-order valence-corrected chi connectivity index (χ0v) is 12.9. The first-order valence-electron chi connectivity index (χ1n) is 6.40. The van der Waals surface area contributed by atoms with Crippen LogP contribution in [0, 0.1) is 5.92 Å². The van der Waals surface area contributed by atoms with Gasteiger partial charge < -0.3 is 5.32 Å². The molecule has 1 nitrogen and oxygen atoms in total. The largest absolute Gasteiger partial charge is 0.313 e. The van der Waals surface area contributed by atoms with Crippen molar-refractivity contribution in [2.24, 2.45) is 5.92 Å². The summed E-state index contributed by atoms with van der Waals surface area (Å²) in [4.78, 5) is 0. The van der Waals surface area contributed by atoms with Gasteiger partial charge in [-0.25, -0.2) is 0 Å². The maximum absolute atomic E-state index is 6.28. The molecule has 1 fully saturated rings. The van der Waals surface area contributed by atoms with Crippen molar-refractivity contribution in [1.82, 2.24) is 5.32 Å². The van der Waals surface area contributed by atoms with Gasteiger partial charge in [0.05, 0.1) is 0 Å². The van der Waals surface area contributed by atoms with E-state index in [4.69, 9.17) is 23.2 Å². The normalized spacial score (nSPS) is 18.8. The van der Waals surface area contributed by atoms with Crippen LogP contribution in [0.4, 0.5) is 0 Å². The average molecular weight is 304 g/mol. The van der Waals surface area contributed by atoms with Gasteiger partial charge in [0.25, 0.3) is 0 Å². The summed E-state index contributed by atoms with van der Waals surface area (Å²) in [5.74, 6) is 3.40. The van der Waals surface area contributed by atoms with Gasteiger partial charge in [0.15, 0.2) is 0 Å². The Morgan fingerprint density at radius 3 is 2.72 bits per heavy atom. The first kappa shape index (κ1) is 14.5. The van der Waals surface area contributed by atoms with E-state index in [-0.39, 0.29) is 0 Å². The molecule has 100 valence electrons. The summed E-state index contributed by atoms with van der Waals surface area (Å²) in [7, 11) is 2.00. The molecule has 1 saturated heterocycles. The quantitative estimate of drug-likeness (QED) is 0.858. The Balaban J connectivity index is 2.09. The van der Waals surface area contributed by atoms with Gasteiger partial charge in [-0.3, -0.25) is 0 Å². The molecule has 1 heterocycles. The van der Waals surface area contributed by atoms with Crippen LogP contribution >= 0.6 is 35.0 Å². The first-order chi connectivity index (χ1) is 8.70. The lowest BCUT2D eigenvalue weighted by Gasteiger charge is -2.27. The van der Waals surface area contributed by atoms with E-state index < -0.39 is 0 Å². The molecule has 0 aromatic heterocycles. The number of benzene rings is 1. The van der Waals surface area contributed by atoms with E-state index in [2.05, 4.69) is 17.1 Å². The zero-order chi connectivity index (χ0) is 13.0. The predicted octanol–water partition coefficient (Wildman–Crippen LogP) is 4.79. The summed E-state index contributed by atoms with van der Waals surface area (Å²) < 4.78 is 0. The van der Waals surface area contributed by atoms with Crippen molar-refractivity contribution in [3.8, 4) is 0 Å². The van der Waals surface area contributed by atoms with Crippen molar-refractivity contribution in [2.75, 3.05) is 18.6 Å². The van der Waals surface area contributed by atoms with Crippen LogP contribution in [-0.2, 0) is 0 Å². The summed E-state index contributed by atoms with van der Waals surface area (Å²) in [5, 5.41) is 4.95. The van der Waals surface area contributed by atoms with Crippen molar-refractivity contribution in [3.63, 3.8) is 0 Å². The van der Waals surface area contributed by atoms with Crippen molar-refractivity contribution < 1.29 is 0 Å². The molecule has 0 radical (unpaired) electrons. The smallest absolute Gasteiger partial charge is 0.0454 e. The SMILES string of the molecule is CNC(CC1CCSCC1)c1cc(Cl)ccc1Cl. The molecule has 1 unspecified atom stereocenters. The molecule has 1 aliphatic rings. The van der Waals surface area contributed by atoms with Gasteiger partial charge in [0.2, 0.25) is 0 Å². The molecule has 1 N–H and O–H groups in total. The minimum atomic E-state index is 0.310. The lowest BCUT2D eigenvalue weighted by molar-refractivity contribution is 0.384. The molecule has 1 atom stereocenters. The van der Waals surface area contributed by atoms with Crippen LogP contribution in [0.3, 0.4) is 0 Å². The van der Waals surface area contributed by atoms with Crippen LogP contribution in [-0.4, -0.2) is 18.6 Å². The summed E-state index contributed by atoms with van der Waals surface area (Å²) in [5.41, 5.74) is 1.13. The maximum atomic E-state index is 6.28. The lowest BCUT2D eigenvalue weighted by atomic mass is 9.91. The Bertz CT molecular complexity index is 391. The molecular weight excluding hydrogens is 285 g/mol. The van der Waals surface area contributed by atoms with E-state index in [0.717, 1.165) is 27.9 Å². The van der Waals surface area contributed by atoms with Crippen molar-refractivity contribution in [3.05, 3.63) is 33.8 Å². The molecule has 0 saturated carbocycles. The highest BCUT2D eigenvalue weighted by Gasteiger charge is 2.21. The number of nitrogens with one attached hydrogen (secondary N) is 1. The van der Waals surface area contributed by atoms with E-state index in [1.54, 1.807) is 0 Å². The summed E-state index contributed by atoms with van der Waals surface area (Å²) in [6.07, 6.45) is 3.79. The fourth-order valence-corrected chi connectivity index (χ4v) is 4.13. The maximum Gasteiger partial charge on any atom is 0.0454 e. The monoisotopic (exact) mass is 303 g/mol. The van der Waals surface area contributed by atoms with Crippen LogP contribution < -0.4 is 5.32 Å². The highest BCUT2D eigenvalue weighted by atomic mass is 35.5. The third-order valence-corrected chi connectivity index (χ3v) is 5.22. The van der Waals surface area contributed by atoms with E-state index >= 15 is 0 Å². The van der Waals surface area contributed by atoms with Gasteiger partial charge in [0, 0.05) is 16.1 Å². The average Bonchev–Trinajstić information content (AvgIpc) is 2.40. The highest BCUT2D eigenvalue weighted by Crippen LogP contribution is 2.34. The Morgan fingerprint density at radius 1 is 1.33 bits per heavy atom. The molecule has 0 spiro atoms.